The molecule has 2 aromatic carbocycles. The summed E-state index contributed by atoms with van der Waals surface area (Å²) < 4.78 is 0. The van der Waals surface area contributed by atoms with Gasteiger partial charge in [-0.15, -0.1) is 0 Å². The number of hydrogen-bond donors (Lipinski definition) is 1. The minimum Gasteiger partial charge on any atom is -0.367 e. The Bertz CT molecular complexity index is 505. The Labute approximate surface area is 122 Å². The summed E-state index contributed by atoms with van der Waals surface area (Å²) in [5.74, 6) is 0.431. The molecule has 1 atom stereocenters. The maximum absolute atomic E-state index is 5.71. The van der Waals surface area contributed by atoms with Crippen molar-refractivity contribution >= 4 is 5.69 Å². The van der Waals surface area contributed by atoms with Crippen LogP contribution in [0.25, 0.3) is 0 Å². The number of rotatable bonds is 6. The highest BCUT2D eigenvalue weighted by molar-refractivity contribution is 5.46. The van der Waals surface area contributed by atoms with Crippen molar-refractivity contribution in [1.82, 2.24) is 0 Å². The molecule has 0 spiro atoms. The van der Waals surface area contributed by atoms with E-state index in [0.717, 1.165) is 13.1 Å². The van der Waals surface area contributed by atoms with Crippen molar-refractivity contribution in [3.05, 3.63) is 65.7 Å². The zero-order valence-corrected chi connectivity index (χ0v) is 12.4. The quantitative estimate of drug-likeness (QED) is 0.864. The molecule has 0 fully saturated rings. The van der Waals surface area contributed by atoms with Crippen molar-refractivity contribution in [3.63, 3.8) is 0 Å². The third kappa shape index (κ3) is 3.61. The van der Waals surface area contributed by atoms with Gasteiger partial charge in [-0.3, -0.25) is 0 Å². The predicted molar refractivity (Wildman–Crippen MR) is 87.1 cm³/mol. The minimum absolute atomic E-state index is 0.431. The van der Waals surface area contributed by atoms with Crippen LogP contribution in [0.2, 0.25) is 0 Å². The van der Waals surface area contributed by atoms with Crippen molar-refractivity contribution in [1.29, 1.82) is 0 Å². The smallest absolute Gasteiger partial charge is 0.0429 e. The number of nitrogens with zero attached hydrogens (tertiary/aromatic N) is 1. The summed E-state index contributed by atoms with van der Waals surface area (Å²) in [5.41, 5.74) is 9.64. The molecule has 1 unspecified atom stereocenters. The molecule has 2 nitrogen and oxygen atoms in total. The Balaban J connectivity index is 2.08. The van der Waals surface area contributed by atoms with Gasteiger partial charge in [0.2, 0.25) is 0 Å². The van der Waals surface area contributed by atoms with Crippen molar-refractivity contribution < 1.29 is 0 Å². The second kappa shape index (κ2) is 7.11. The highest BCUT2D eigenvalue weighted by atomic mass is 15.1. The van der Waals surface area contributed by atoms with Crippen molar-refractivity contribution in [2.45, 2.75) is 26.3 Å². The van der Waals surface area contributed by atoms with Crippen molar-refractivity contribution in [2.24, 2.45) is 5.73 Å². The summed E-state index contributed by atoms with van der Waals surface area (Å²) in [7, 11) is 0. The molecule has 0 aliphatic heterocycles. The number of anilines is 1. The molecular weight excluding hydrogens is 244 g/mol. The highest BCUT2D eigenvalue weighted by Crippen LogP contribution is 2.19. The second-order valence-electron chi connectivity index (χ2n) is 5.23. The van der Waals surface area contributed by atoms with Gasteiger partial charge < -0.3 is 10.6 Å². The molecule has 0 aliphatic rings. The molecule has 0 amide bonds. The van der Waals surface area contributed by atoms with Gasteiger partial charge >= 0.3 is 0 Å². The Hall–Kier alpha value is -1.80. The summed E-state index contributed by atoms with van der Waals surface area (Å²) in [4.78, 5) is 2.38. The van der Waals surface area contributed by atoms with E-state index in [-0.39, 0.29) is 0 Å². The zero-order chi connectivity index (χ0) is 14.4. The molecule has 0 radical (unpaired) electrons. The lowest BCUT2D eigenvalue weighted by Gasteiger charge is -2.23. The lowest BCUT2D eigenvalue weighted by atomic mass is 10.00. The van der Waals surface area contributed by atoms with E-state index in [9.17, 15) is 0 Å². The second-order valence-corrected chi connectivity index (χ2v) is 5.23. The van der Waals surface area contributed by atoms with Crippen LogP contribution in [0.1, 0.15) is 30.9 Å². The molecule has 106 valence electrons. The third-order valence-electron chi connectivity index (χ3n) is 3.78. The monoisotopic (exact) mass is 268 g/mol. The fourth-order valence-electron chi connectivity index (χ4n) is 2.33. The molecule has 0 heterocycles. The Morgan fingerprint density at radius 2 is 1.65 bits per heavy atom. The molecule has 0 saturated carbocycles. The number of para-hydroxylation sites is 1. The first-order valence-electron chi connectivity index (χ1n) is 7.33. The average Bonchev–Trinajstić information content (AvgIpc) is 2.53. The van der Waals surface area contributed by atoms with E-state index in [2.05, 4.69) is 73.3 Å². The first-order chi connectivity index (χ1) is 9.74. The maximum Gasteiger partial charge on any atom is 0.0429 e. The summed E-state index contributed by atoms with van der Waals surface area (Å²) in [5, 5.41) is 0. The van der Waals surface area contributed by atoms with E-state index in [0.29, 0.717) is 12.5 Å². The topological polar surface area (TPSA) is 29.3 Å². The van der Waals surface area contributed by atoms with Gasteiger partial charge in [0.25, 0.3) is 0 Å². The number of benzene rings is 2. The number of nitrogens with two attached hydrogens (primary N) is 1. The van der Waals surface area contributed by atoms with Gasteiger partial charge in [0, 0.05) is 18.8 Å². The van der Waals surface area contributed by atoms with E-state index in [4.69, 9.17) is 5.73 Å². The van der Waals surface area contributed by atoms with Gasteiger partial charge in [0.05, 0.1) is 0 Å². The van der Waals surface area contributed by atoms with Crippen LogP contribution in [0.3, 0.4) is 0 Å². The lowest BCUT2D eigenvalue weighted by Crippen LogP contribution is -2.21. The average molecular weight is 268 g/mol. The zero-order valence-electron chi connectivity index (χ0n) is 12.4. The van der Waals surface area contributed by atoms with Gasteiger partial charge in [-0.25, -0.2) is 0 Å². The first kappa shape index (κ1) is 14.6. The van der Waals surface area contributed by atoms with Gasteiger partial charge in [0.15, 0.2) is 0 Å². The molecule has 0 aromatic heterocycles. The highest BCUT2D eigenvalue weighted by Gasteiger charge is 2.06. The van der Waals surface area contributed by atoms with E-state index >= 15 is 0 Å². The Kier molecular flexibility index (Phi) is 5.19. The largest absolute Gasteiger partial charge is 0.367 e. The van der Waals surface area contributed by atoms with Gasteiger partial charge in [0.1, 0.15) is 0 Å². The minimum atomic E-state index is 0.431. The van der Waals surface area contributed by atoms with Gasteiger partial charge in [-0.1, -0.05) is 49.4 Å². The molecule has 0 aliphatic carbocycles. The van der Waals surface area contributed by atoms with Crippen molar-refractivity contribution in [3.8, 4) is 0 Å². The molecule has 2 heteroatoms. The van der Waals surface area contributed by atoms with E-state index < -0.39 is 0 Å². The van der Waals surface area contributed by atoms with Crippen LogP contribution >= 0.6 is 0 Å². The summed E-state index contributed by atoms with van der Waals surface area (Å²) >= 11 is 0. The first-order valence-corrected chi connectivity index (χ1v) is 7.33. The third-order valence-corrected chi connectivity index (χ3v) is 3.78. The van der Waals surface area contributed by atoms with Crippen LogP contribution in [-0.2, 0) is 6.54 Å². The predicted octanol–water partition coefficient (Wildman–Crippen LogP) is 3.78. The molecular formula is C18H24N2. The summed E-state index contributed by atoms with van der Waals surface area (Å²) in [6.07, 6.45) is 0. The van der Waals surface area contributed by atoms with Crippen LogP contribution in [0, 0.1) is 0 Å². The SMILES string of the molecule is CCN(Cc1ccc(C(C)CN)cc1)c1ccccc1. The molecule has 2 aromatic rings. The van der Waals surface area contributed by atoms with Gasteiger partial charge in [-0.2, -0.15) is 0 Å². The fourth-order valence-corrected chi connectivity index (χ4v) is 2.33. The molecule has 2 N–H and O–H groups in total. The van der Waals surface area contributed by atoms with Crippen LogP contribution < -0.4 is 10.6 Å². The van der Waals surface area contributed by atoms with Crippen LogP contribution in [0.15, 0.2) is 54.6 Å². The Morgan fingerprint density at radius 3 is 2.20 bits per heavy atom. The Morgan fingerprint density at radius 1 is 1.00 bits per heavy atom. The fraction of sp³-hybridized carbons (Fsp3) is 0.333. The summed E-state index contributed by atoms with van der Waals surface area (Å²) in [6, 6.07) is 19.4. The molecule has 20 heavy (non-hydrogen) atoms. The van der Waals surface area contributed by atoms with Crippen LogP contribution in [0.4, 0.5) is 5.69 Å². The molecule has 2 rings (SSSR count). The molecule has 0 bridgehead atoms. The molecule has 0 saturated heterocycles. The van der Waals surface area contributed by atoms with E-state index in [1.165, 1.54) is 16.8 Å². The lowest BCUT2D eigenvalue weighted by molar-refractivity contribution is 0.771. The maximum atomic E-state index is 5.71. The van der Waals surface area contributed by atoms with E-state index in [1.807, 2.05) is 0 Å². The van der Waals surface area contributed by atoms with Crippen LogP contribution in [0.5, 0.6) is 0 Å². The van der Waals surface area contributed by atoms with Crippen LogP contribution in [-0.4, -0.2) is 13.1 Å². The number of hydrogen-bond acceptors (Lipinski definition) is 2. The van der Waals surface area contributed by atoms with Gasteiger partial charge in [-0.05, 0) is 42.6 Å². The van der Waals surface area contributed by atoms with Crippen molar-refractivity contribution in [2.75, 3.05) is 18.0 Å². The van der Waals surface area contributed by atoms with E-state index in [1.54, 1.807) is 0 Å². The summed E-state index contributed by atoms with van der Waals surface area (Å²) in [6.45, 7) is 7.00. The standard InChI is InChI=1S/C18H24N2/c1-3-20(18-7-5-4-6-8-18)14-16-9-11-17(12-10-16)15(2)13-19/h4-12,15H,3,13-14,19H2,1-2H3. The normalized spacial score (nSPS) is 12.2.